The number of hydrogen-bond donors (Lipinski definition) is 1. The highest BCUT2D eigenvalue weighted by atomic mass is 32.1. The first-order valence-electron chi connectivity index (χ1n) is 6.26. The molecule has 6 heteroatoms. The van der Waals surface area contributed by atoms with Gasteiger partial charge in [0, 0.05) is 12.3 Å². The summed E-state index contributed by atoms with van der Waals surface area (Å²) < 4.78 is 0. The first kappa shape index (κ1) is 13.7. The van der Waals surface area contributed by atoms with E-state index in [9.17, 15) is 14.9 Å². The minimum atomic E-state index is -0.930. The van der Waals surface area contributed by atoms with Crippen molar-refractivity contribution < 1.29 is 9.59 Å². The molecule has 0 saturated heterocycles. The van der Waals surface area contributed by atoms with E-state index in [1.165, 1.54) is 18.3 Å². The third-order valence-corrected chi connectivity index (χ3v) is 4.20. The summed E-state index contributed by atoms with van der Waals surface area (Å²) in [7, 11) is 0. The van der Waals surface area contributed by atoms with Crippen LogP contribution in [0.3, 0.4) is 0 Å². The Morgan fingerprint density at radius 2 is 2.11 bits per heavy atom. The molecule has 1 saturated carbocycles. The van der Waals surface area contributed by atoms with Crippen molar-refractivity contribution in [2.24, 2.45) is 5.41 Å². The lowest BCUT2D eigenvalue weighted by molar-refractivity contribution is -0.124. The van der Waals surface area contributed by atoms with Gasteiger partial charge < -0.3 is 5.32 Å². The number of Topliss-reactive ketones (excluding diaryl/α,β-unsaturated/α-hetero) is 1. The minimum Gasteiger partial charge on any atom is -0.301 e. The molecule has 1 heterocycles. The molecule has 1 aromatic heterocycles. The van der Waals surface area contributed by atoms with Gasteiger partial charge in [0.05, 0.1) is 6.07 Å². The molecule has 0 aromatic carbocycles. The molecule has 5 nitrogen and oxygen atoms in total. The molecule has 0 atom stereocenters. The van der Waals surface area contributed by atoms with Crippen molar-refractivity contribution in [3.63, 3.8) is 0 Å². The molecule has 19 heavy (non-hydrogen) atoms. The van der Waals surface area contributed by atoms with Crippen LogP contribution in [-0.4, -0.2) is 16.7 Å². The largest absolute Gasteiger partial charge is 0.301 e. The summed E-state index contributed by atoms with van der Waals surface area (Å²) in [6, 6.07) is 2.16. The van der Waals surface area contributed by atoms with Crippen LogP contribution in [0, 0.1) is 16.7 Å². The fourth-order valence-electron chi connectivity index (χ4n) is 2.25. The summed E-state index contributed by atoms with van der Waals surface area (Å²) in [4.78, 5) is 27.4. The third kappa shape index (κ3) is 2.82. The highest BCUT2D eigenvalue weighted by molar-refractivity contribution is 7.14. The summed E-state index contributed by atoms with van der Waals surface area (Å²) in [6.07, 6.45) is 4.07. The second kappa shape index (κ2) is 5.49. The van der Waals surface area contributed by atoms with Gasteiger partial charge in [-0.25, -0.2) is 4.98 Å². The quantitative estimate of drug-likeness (QED) is 0.861. The molecule has 0 bridgehead atoms. The van der Waals surface area contributed by atoms with E-state index in [0.29, 0.717) is 23.7 Å². The normalized spacial score (nSPS) is 17.5. The Labute approximate surface area is 115 Å². The molecule has 1 amide bonds. The number of nitrogens with one attached hydrogen (secondary N) is 1. The van der Waals surface area contributed by atoms with Crippen molar-refractivity contribution >= 4 is 28.2 Å². The van der Waals surface area contributed by atoms with Crippen LogP contribution >= 0.6 is 11.3 Å². The predicted octanol–water partition coefficient (Wildman–Crippen LogP) is 2.76. The van der Waals surface area contributed by atoms with Gasteiger partial charge in [-0.1, -0.05) is 19.3 Å². The maximum Gasteiger partial charge on any atom is 0.246 e. The number of nitriles is 1. The Balaban J connectivity index is 2.11. The third-order valence-electron chi connectivity index (χ3n) is 3.44. The van der Waals surface area contributed by atoms with E-state index in [1.807, 2.05) is 0 Å². The van der Waals surface area contributed by atoms with Crippen LogP contribution in [0.1, 0.15) is 49.5 Å². The van der Waals surface area contributed by atoms with Crippen molar-refractivity contribution in [2.75, 3.05) is 5.32 Å². The molecule has 0 aliphatic heterocycles. The number of ketones is 1. The first-order chi connectivity index (χ1) is 9.07. The molecule has 1 aliphatic rings. The van der Waals surface area contributed by atoms with E-state index in [-0.39, 0.29) is 11.7 Å². The van der Waals surface area contributed by atoms with E-state index < -0.39 is 5.41 Å². The van der Waals surface area contributed by atoms with E-state index in [1.54, 1.807) is 5.38 Å². The smallest absolute Gasteiger partial charge is 0.246 e. The number of aromatic nitrogens is 1. The van der Waals surface area contributed by atoms with E-state index >= 15 is 0 Å². The van der Waals surface area contributed by atoms with Gasteiger partial charge in [0.15, 0.2) is 10.9 Å². The second-order valence-corrected chi connectivity index (χ2v) is 5.66. The SMILES string of the molecule is CC(=O)c1csc(NC(=O)C2(C#N)CCCCC2)n1. The molecule has 0 radical (unpaired) electrons. The van der Waals surface area contributed by atoms with Gasteiger partial charge in [0.2, 0.25) is 5.91 Å². The van der Waals surface area contributed by atoms with Crippen LogP contribution in [0.15, 0.2) is 5.38 Å². The Hall–Kier alpha value is -1.74. The molecule has 2 rings (SSSR count). The van der Waals surface area contributed by atoms with Crippen molar-refractivity contribution in [3.8, 4) is 6.07 Å². The Bertz CT molecular complexity index is 538. The highest BCUT2D eigenvalue weighted by Gasteiger charge is 2.40. The first-order valence-corrected chi connectivity index (χ1v) is 7.14. The van der Waals surface area contributed by atoms with Gasteiger partial charge in [-0.3, -0.25) is 9.59 Å². The lowest BCUT2D eigenvalue weighted by Crippen LogP contribution is -2.36. The second-order valence-electron chi connectivity index (χ2n) is 4.80. The zero-order chi connectivity index (χ0) is 13.9. The van der Waals surface area contributed by atoms with E-state index in [2.05, 4.69) is 16.4 Å². The van der Waals surface area contributed by atoms with Crippen molar-refractivity contribution in [2.45, 2.75) is 39.0 Å². The number of amides is 1. The van der Waals surface area contributed by atoms with Gasteiger partial charge in [0.25, 0.3) is 0 Å². The summed E-state index contributed by atoms with van der Waals surface area (Å²) in [5, 5.41) is 14.0. The molecule has 1 aliphatic carbocycles. The predicted molar refractivity (Wildman–Crippen MR) is 71.9 cm³/mol. The number of anilines is 1. The van der Waals surface area contributed by atoms with Crippen LogP contribution < -0.4 is 5.32 Å². The topological polar surface area (TPSA) is 82.9 Å². The van der Waals surface area contributed by atoms with Gasteiger partial charge in [-0.2, -0.15) is 5.26 Å². The molecule has 100 valence electrons. The number of rotatable bonds is 3. The van der Waals surface area contributed by atoms with Gasteiger partial charge in [-0.05, 0) is 12.8 Å². The summed E-state index contributed by atoms with van der Waals surface area (Å²) in [5.74, 6) is -0.427. The van der Waals surface area contributed by atoms with Gasteiger partial charge in [0.1, 0.15) is 11.1 Å². The zero-order valence-electron chi connectivity index (χ0n) is 10.7. The Kier molecular flexibility index (Phi) is 3.96. The maximum atomic E-state index is 12.2. The maximum absolute atomic E-state index is 12.2. The van der Waals surface area contributed by atoms with Crippen LogP contribution in [0.2, 0.25) is 0 Å². The molecule has 1 fully saturated rings. The summed E-state index contributed by atoms with van der Waals surface area (Å²) >= 11 is 1.21. The number of thiazole rings is 1. The highest BCUT2D eigenvalue weighted by Crippen LogP contribution is 2.37. The number of carbonyl (C=O) groups excluding carboxylic acids is 2. The number of hydrogen-bond acceptors (Lipinski definition) is 5. The fraction of sp³-hybridized carbons (Fsp3) is 0.538. The Morgan fingerprint density at radius 3 is 2.63 bits per heavy atom. The van der Waals surface area contributed by atoms with E-state index in [0.717, 1.165) is 19.3 Å². The molecule has 0 spiro atoms. The standard InChI is InChI=1S/C13H15N3O2S/c1-9(17)10-7-19-12(15-10)16-11(18)13(8-14)5-3-2-4-6-13/h7H,2-6H2,1H3,(H,15,16,18). The summed E-state index contributed by atoms with van der Waals surface area (Å²) in [5.41, 5.74) is -0.588. The average molecular weight is 277 g/mol. The molecule has 1 N–H and O–H groups in total. The van der Waals surface area contributed by atoms with Crippen molar-refractivity contribution in [1.29, 1.82) is 5.26 Å². The lowest BCUT2D eigenvalue weighted by atomic mass is 9.74. The van der Waals surface area contributed by atoms with Crippen LogP contribution in [0.4, 0.5) is 5.13 Å². The minimum absolute atomic E-state index is 0.135. The van der Waals surface area contributed by atoms with Crippen molar-refractivity contribution in [3.05, 3.63) is 11.1 Å². The zero-order valence-corrected chi connectivity index (χ0v) is 11.5. The number of carbonyl (C=O) groups is 2. The monoisotopic (exact) mass is 277 g/mol. The lowest BCUT2D eigenvalue weighted by Gasteiger charge is -2.28. The molecule has 0 unspecified atom stereocenters. The Morgan fingerprint density at radius 1 is 1.42 bits per heavy atom. The van der Waals surface area contributed by atoms with Gasteiger partial charge >= 0.3 is 0 Å². The molecular formula is C13H15N3O2S. The fourth-order valence-corrected chi connectivity index (χ4v) is 3.00. The van der Waals surface area contributed by atoms with Crippen LogP contribution in [-0.2, 0) is 4.79 Å². The van der Waals surface area contributed by atoms with Gasteiger partial charge in [-0.15, -0.1) is 11.3 Å². The molecular weight excluding hydrogens is 262 g/mol. The number of nitrogens with zero attached hydrogens (tertiary/aromatic N) is 2. The van der Waals surface area contributed by atoms with Crippen LogP contribution in [0.5, 0.6) is 0 Å². The van der Waals surface area contributed by atoms with Crippen LogP contribution in [0.25, 0.3) is 0 Å². The van der Waals surface area contributed by atoms with Crippen molar-refractivity contribution in [1.82, 2.24) is 4.98 Å². The molecule has 1 aromatic rings. The van der Waals surface area contributed by atoms with E-state index in [4.69, 9.17) is 0 Å². The average Bonchev–Trinajstić information content (AvgIpc) is 2.88. The summed E-state index contributed by atoms with van der Waals surface area (Å²) in [6.45, 7) is 1.43.